The molecule has 2 aliphatic heterocycles. The van der Waals surface area contributed by atoms with Gasteiger partial charge < -0.3 is 15.1 Å². The first-order chi connectivity index (χ1) is 15.5. The molecule has 1 fully saturated rings. The molecule has 8 nitrogen and oxygen atoms in total. The average Bonchev–Trinajstić information content (AvgIpc) is 3.44. The van der Waals surface area contributed by atoms with E-state index in [0.29, 0.717) is 19.0 Å². The van der Waals surface area contributed by atoms with Gasteiger partial charge in [-0.25, -0.2) is 9.37 Å². The second-order valence-corrected chi connectivity index (χ2v) is 8.58. The van der Waals surface area contributed by atoms with E-state index in [2.05, 4.69) is 20.3 Å². The van der Waals surface area contributed by atoms with Crippen molar-refractivity contribution >= 4 is 23.4 Å². The summed E-state index contributed by atoms with van der Waals surface area (Å²) in [6, 6.07) is 6.34. The molecule has 2 aromatic heterocycles. The highest BCUT2D eigenvalue weighted by Crippen LogP contribution is 2.39. The van der Waals surface area contributed by atoms with Crippen LogP contribution < -0.4 is 15.1 Å². The predicted molar refractivity (Wildman–Crippen MR) is 120 cm³/mol. The number of anilines is 3. The molecule has 9 heteroatoms. The monoisotopic (exact) mass is 435 g/mol. The number of nitrogens with one attached hydrogen (secondary N) is 1. The van der Waals surface area contributed by atoms with Crippen LogP contribution >= 0.6 is 0 Å². The third-order valence-electron chi connectivity index (χ3n) is 5.97. The summed E-state index contributed by atoms with van der Waals surface area (Å²) in [6.45, 7) is 5.97. The zero-order valence-corrected chi connectivity index (χ0v) is 18.2. The summed E-state index contributed by atoms with van der Waals surface area (Å²) in [5.74, 6) is 1.25. The van der Waals surface area contributed by atoms with Crippen LogP contribution in [0.2, 0.25) is 0 Å². The zero-order chi connectivity index (χ0) is 22.2. The topological polar surface area (TPSA) is 79.2 Å². The molecule has 0 radical (unpaired) electrons. The van der Waals surface area contributed by atoms with Gasteiger partial charge in [0.1, 0.15) is 17.5 Å². The summed E-state index contributed by atoms with van der Waals surface area (Å²) in [4.78, 5) is 26.1. The fourth-order valence-electron chi connectivity index (χ4n) is 4.46. The maximum atomic E-state index is 13.1. The molecule has 0 unspecified atom stereocenters. The number of carbonyl (C=O) groups is 1. The third-order valence-corrected chi connectivity index (χ3v) is 5.97. The summed E-state index contributed by atoms with van der Waals surface area (Å²) < 4.78 is 14.9. The second-order valence-electron chi connectivity index (χ2n) is 8.58. The van der Waals surface area contributed by atoms with E-state index in [-0.39, 0.29) is 23.8 Å². The SMILES string of the molecule is CC(C)N1C(=O)[C@@H]2CCCN2c2nc(NCc3cnn(Cc4ccc(F)cc4)c3)ncc21. The zero-order valence-electron chi connectivity index (χ0n) is 18.2. The molecule has 4 heterocycles. The largest absolute Gasteiger partial charge is 0.350 e. The van der Waals surface area contributed by atoms with E-state index < -0.39 is 0 Å². The quantitative estimate of drug-likeness (QED) is 0.641. The Balaban J connectivity index is 1.30. The van der Waals surface area contributed by atoms with Gasteiger partial charge in [-0.2, -0.15) is 10.1 Å². The number of rotatable bonds is 6. The molecule has 0 bridgehead atoms. The van der Waals surface area contributed by atoms with Gasteiger partial charge in [0, 0.05) is 30.9 Å². The summed E-state index contributed by atoms with van der Waals surface area (Å²) in [5, 5.41) is 7.66. The summed E-state index contributed by atoms with van der Waals surface area (Å²) >= 11 is 0. The van der Waals surface area contributed by atoms with Crippen molar-refractivity contribution in [2.24, 2.45) is 0 Å². The predicted octanol–water partition coefficient (Wildman–Crippen LogP) is 3.20. The standard InChI is InChI=1S/C23H26FN7O/c1-15(2)31-20-12-26-23(28-21(20)30-9-3-4-19(30)22(31)32)25-10-17-11-27-29(14-17)13-16-5-7-18(24)8-6-16/h5-8,11-12,14-15,19H,3-4,9-10,13H2,1-2H3,(H,25,26,28)/t19-/m0/s1. The van der Waals surface area contributed by atoms with Crippen molar-refractivity contribution in [2.75, 3.05) is 21.7 Å². The van der Waals surface area contributed by atoms with Crippen molar-refractivity contribution in [3.05, 3.63) is 59.8 Å². The molecule has 1 N–H and O–H groups in total. The molecule has 5 rings (SSSR count). The highest BCUT2D eigenvalue weighted by atomic mass is 19.1. The van der Waals surface area contributed by atoms with Gasteiger partial charge in [-0.15, -0.1) is 0 Å². The number of nitrogens with zero attached hydrogens (tertiary/aromatic N) is 6. The van der Waals surface area contributed by atoms with Crippen LogP contribution in [0.15, 0.2) is 42.9 Å². The molecule has 1 aromatic carbocycles. The van der Waals surface area contributed by atoms with Crippen LogP contribution in [-0.4, -0.2) is 44.3 Å². The van der Waals surface area contributed by atoms with Crippen molar-refractivity contribution in [1.29, 1.82) is 0 Å². The summed E-state index contributed by atoms with van der Waals surface area (Å²) in [6.07, 6.45) is 7.34. The molecule has 2 aliphatic rings. The number of aromatic nitrogens is 4. The van der Waals surface area contributed by atoms with Crippen LogP contribution in [0.1, 0.15) is 37.8 Å². The number of hydrogen-bond donors (Lipinski definition) is 1. The Kier molecular flexibility index (Phi) is 5.24. The summed E-state index contributed by atoms with van der Waals surface area (Å²) in [7, 11) is 0. The van der Waals surface area contributed by atoms with Gasteiger partial charge in [0.2, 0.25) is 11.9 Å². The molecule has 166 valence electrons. The van der Waals surface area contributed by atoms with Crippen LogP contribution in [0.4, 0.5) is 21.8 Å². The molecule has 1 amide bonds. The van der Waals surface area contributed by atoms with E-state index in [0.717, 1.165) is 42.0 Å². The van der Waals surface area contributed by atoms with Gasteiger partial charge in [0.15, 0.2) is 5.82 Å². The lowest BCUT2D eigenvalue weighted by Crippen LogP contribution is -2.53. The third kappa shape index (κ3) is 3.79. The van der Waals surface area contributed by atoms with Crippen molar-refractivity contribution in [2.45, 2.75) is 51.9 Å². The average molecular weight is 436 g/mol. The molecule has 3 aromatic rings. The van der Waals surface area contributed by atoms with Crippen molar-refractivity contribution in [1.82, 2.24) is 19.7 Å². The molecule has 32 heavy (non-hydrogen) atoms. The Labute approximate surface area is 186 Å². The highest BCUT2D eigenvalue weighted by molar-refractivity contribution is 6.05. The number of fused-ring (bicyclic) bond motifs is 3. The molecule has 0 aliphatic carbocycles. The lowest BCUT2D eigenvalue weighted by molar-refractivity contribution is -0.120. The minimum Gasteiger partial charge on any atom is -0.350 e. The minimum atomic E-state index is -0.245. The Hall–Kier alpha value is -3.49. The van der Waals surface area contributed by atoms with Gasteiger partial charge in [-0.05, 0) is 44.4 Å². The lowest BCUT2D eigenvalue weighted by Gasteiger charge is -2.40. The first-order valence-electron chi connectivity index (χ1n) is 11.0. The molecular formula is C23H26FN7O. The van der Waals surface area contributed by atoms with Gasteiger partial charge in [0.25, 0.3) is 0 Å². The number of halogens is 1. The van der Waals surface area contributed by atoms with Crippen LogP contribution in [0.3, 0.4) is 0 Å². The van der Waals surface area contributed by atoms with Gasteiger partial charge in [-0.1, -0.05) is 12.1 Å². The van der Waals surface area contributed by atoms with Gasteiger partial charge in [-0.3, -0.25) is 9.48 Å². The lowest BCUT2D eigenvalue weighted by atomic mass is 10.1. The Morgan fingerprint density at radius 3 is 2.78 bits per heavy atom. The van der Waals surface area contributed by atoms with E-state index in [1.54, 1.807) is 24.5 Å². The van der Waals surface area contributed by atoms with E-state index >= 15 is 0 Å². The van der Waals surface area contributed by atoms with Crippen LogP contribution in [0, 0.1) is 5.82 Å². The molecule has 0 spiro atoms. The first-order valence-corrected chi connectivity index (χ1v) is 11.0. The van der Waals surface area contributed by atoms with E-state index in [9.17, 15) is 9.18 Å². The number of benzene rings is 1. The van der Waals surface area contributed by atoms with Gasteiger partial charge >= 0.3 is 0 Å². The maximum absolute atomic E-state index is 13.1. The Morgan fingerprint density at radius 2 is 2.00 bits per heavy atom. The van der Waals surface area contributed by atoms with Crippen molar-refractivity contribution in [3.8, 4) is 0 Å². The smallest absolute Gasteiger partial charge is 0.250 e. The number of hydrogen-bond acceptors (Lipinski definition) is 6. The van der Waals surface area contributed by atoms with Crippen LogP contribution in [0.25, 0.3) is 0 Å². The minimum absolute atomic E-state index is 0.0540. The molecule has 0 saturated carbocycles. The second kappa shape index (κ2) is 8.22. The van der Waals surface area contributed by atoms with Crippen molar-refractivity contribution in [3.63, 3.8) is 0 Å². The fraction of sp³-hybridized carbons (Fsp3) is 0.391. The van der Waals surface area contributed by atoms with E-state index in [1.165, 1.54) is 12.1 Å². The number of carbonyl (C=O) groups excluding carboxylic acids is 1. The first kappa shape index (κ1) is 20.4. The fourth-order valence-corrected chi connectivity index (χ4v) is 4.46. The Morgan fingerprint density at radius 1 is 1.19 bits per heavy atom. The Bertz CT molecular complexity index is 1130. The normalized spacial score (nSPS) is 17.6. The summed E-state index contributed by atoms with van der Waals surface area (Å²) in [5.41, 5.74) is 2.75. The van der Waals surface area contributed by atoms with E-state index in [4.69, 9.17) is 4.98 Å². The number of amides is 1. The van der Waals surface area contributed by atoms with Crippen LogP contribution in [-0.2, 0) is 17.9 Å². The highest BCUT2D eigenvalue weighted by Gasteiger charge is 2.42. The van der Waals surface area contributed by atoms with E-state index in [1.807, 2.05) is 29.6 Å². The molecule has 1 atom stereocenters. The maximum Gasteiger partial charge on any atom is 0.250 e. The molecule has 1 saturated heterocycles. The van der Waals surface area contributed by atoms with Crippen molar-refractivity contribution < 1.29 is 9.18 Å². The van der Waals surface area contributed by atoms with Gasteiger partial charge in [0.05, 0.1) is 18.9 Å². The van der Waals surface area contributed by atoms with Crippen LogP contribution in [0.5, 0.6) is 0 Å². The molecular weight excluding hydrogens is 409 g/mol.